The summed E-state index contributed by atoms with van der Waals surface area (Å²) in [6.45, 7) is 2.06. The number of aromatic nitrogens is 1. The van der Waals surface area contributed by atoms with Crippen LogP contribution >= 0.6 is 0 Å². The second-order valence-corrected chi connectivity index (χ2v) is 4.51. The summed E-state index contributed by atoms with van der Waals surface area (Å²) >= 11 is 0. The average molecular weight is 250 g/mol. The Balaban J connectivity index is 2.00. The first-order chi connectivity index (χ1) is 8.74. The molecule has 18 heavy (non-hydrogen) atoms. The van der Waals surface area contributed by atoms with Crippen molar-refractivity contribution in [2.24, 2.45) is 5.92 Å². The summed E-state index contributed by atoms with van der Waals surface area (Å²) in [6, 6.07) is 3.57. The van der Waals surface area contributed by atoms with Crippen molar-refractivity contribution in [1.82, 2.24) is 4.98 Å². The quantitative estimate of drug-likeness (QED) is 0.813. The van der Waals surface area contributed by atoms with Gasteiger partial charge in [0.05, 0.1) is 12.7 Å². The standard InChI is InChI=1S/C13H18N2O3/c1-18-13(17)11-2-3-12(14-8-11)15-6-4-10(9-16)5-7-15/h2-3,8,10,16H,4-7,9H2,1H3. The van der Waals surface area contributed by atoms with Crippen molar-refractivity contribution in [3.63, 3.8) is 0 Å². The van der Waals surface area contributed by atoms with Crippen LogP contribution in [0.1, 0.15) is 23.2 Å². The topological polar surface area (TPSA) is 62.7 Å². The van der Waals surface area contributed by atoms with E-state index < -0.39 is 0 Å². The van der Waals surface area contributed by atoms with Gasteiger partial charge < -0.3 is 14.7 Å². The normalized spacial score (nSPS) is 16.7. The number of aliphatic hydroxyl groups is 1. The van der Waals surface area contributed by atoms with Crippen molar-refractivity contribution < 1.29 is 14.6 Å². The number of anilines is 1. The first-order valence-corrected chi connectivity index (χ1v) is 6.14. The second-order valence-electron chi connectivity index (χ2n) is 4.51. The number of piperidine rings is 1. The van der Waals surface area contributed by atoms with Gasteiger partial charge in [-0.15, -0.1) is 0 Å². The number of rotatable bonds is 3. The highest BCUT2D eigenvalue weighted by atomic mass is 16.5. The Bertz CT molecular complexity index is 397. The summed E-state index contributed by atoms with van der Waals surface area (Å²) in [5.74, 6) is 0.919. The predicted octanol–water partition coefficient (Wildman–Crippen LogP) is 1.08. The van der Waals surface area contributed by atoms with E-state index in [1.165, 1.54) is 7.11 Å². The fourth-order valence-corrected chi connectivity index (χ4v) is 2.16. The predicted molar refractivity (Wildman–Crippen MR) is 67.6 cm³/mol. The molecular weight excluding hydrogens is 232 g/mol. The number of carbonyl (C=O) groups excluding carboxylic acids is 1. The molecule has 1 saturated heterocycles. The molecule has 0 unspecified atom stereocenters. The van der Waals surface area contributed by atoms with Gasteiger partial charge in [-0.2, -0.15) is 0 Å². The van der Waals surface area contributed by atoms with Crippen LogP contribution in [0.15, 0.2) is 18.3 Å². The van der Waals surface area contributed by atoms with Crippen LogP contribution in [0.3, 0.4) is 0 Å². The highest BCUT2D eigenvalue weighted by Gasteiger charge is 2.19. The Kier molecular flexibility index (Phi) is 4.15. The summed E-state index contributed by atoms with van der Waals surface area (Å²) in [4.78, 5) is 17.7. The fraction of sp³-hybridized carbons (Fsp3) is 0.538. The lowest BCUT2D eigenvalue weighted by Gasteiger charge is -2.31. The van der Waals surface area contributed by atoms with Gasteiger partial charge in [0.15, 0.2) is 0 Å². The third kappa shape index (κ3) is 2.79. The van der Waals surface area contributed by atoms with E-state index in [-0.39, 0.29) is 12.6 Å². The van der Waals surface area contributed by atoms with Crippen molar-refractivity contribution in [2.45, 2.75) is 12.8 Å². The lowest BCUT2D eigenvalue weighted by molar-refractivity contribution is 0.0600. The molecule has 2 rings (SSSR count). The van der Waals surface area contributed by atoms with Gasteiger partial charge >= 0.3 is 5.97 Å². The molecule has 0 spiro atoms. The second kappa shape index (κ2) is 5.82. The van der Waals surface area contributed by atoms with Gasteiger partial charge in [0.1, 0.15) is 5.82 Å². The number of ether oxygens (including phenoxy) is 1. The monoisotopic (exact) mass is 250 g/mol. The molecule has 1 aliphatic heterocycles. The maximum atomic E-state index is 11.3. The molecular formula is C13H18N2O3. The van der Waals surface area contributed by atoms with E-state index >= 15 is 0 Å². The molecule has 1 N–H and O–H groups in total. The highest BCUT2D eigenvalue weighted by Crippen LogP contribution is 2.21. The van der Waals surface area contributed by atoms with Crippen LogP contribution in [0.25, 0.3) is 0 Å². The molecule has 5 heteroatoms. The minimum absolute atomic E-state index is 0.266. The van der Waals surface area contributed by atoms with Gasteiger partial charge in [0.25, 0.3) is 0 Å². The molecule has 0 aliphatic carbocycles. The van der Waals surface area contributed by atoms with Crippen LogP contribution in [-0.4, -0.2) is 42.9 Å². The fourth-order valence-electron chi connectivity index (χ4n) is 2.16. The SMILES string of the molecule is COC(=O)c1ccc(N2CCC(CO)CC2)nc1. The molecule has 1 aliphatic rings. The molecule has 98 valence electrons. The van der Waals surface area contributed by atoms with Gasteiger partial charge in [0, 0.05) is 25.9 Å². The van der Waals surface area contributed by atoms with E-state index in [0.29, 0.717) is 11.5 Å². The zero-order chi connectivity index (χ0) is 13.0. The van der Waals surface area contributed by atoms with Crippen LogP contribution in [0.5, 0.6) is 0 Å². The number of esters is 1. The Morgan fingerprint density at radius 1 is 1.50 bits per heavy atom. The Labute approximate surface area is 106 Å². The molecule has 0 saturated carbocycles. The number of pyridine rings is 1. The summed E-state index contributed by atoms with van der Waals surface area (Å²) in [5.41, 5.74) is 0.464. The van der Waals surface area contributed by atoms with Gasteiger partial charge in [-0.25, -0.2) is 9.78 Å². The van der Waals surface area contributed by atoms with Crippen molar-refractivity contribution in [3.8, 4) is 0 Å². The zero-order valence-electron chi connectivity index (χ0n) is 10.5. The zero-order valence-corrected chi connectivity index (χ0v) is 10.5. The number of hydrogen-bond donors (Lipinski definition) is 1. The van der Waals surface area contributed by atoms with Gasteiger partial charge in [-0.3, -0.25) is 0 Å². The van der Waals surface area contributed by atoms with E-state index in [9.17, 15) is 4.79 Å². The number of methoxy groups -OCH3 is 1. The minimum atomic E-state index is -0.368. The summed E-state index contributed by atoms with van der Waals surface area (Å²) in [7, 11) is 1.36. The molecule has 0 atom stereocenters. The lowest BCUT2D eigenvalue weighted by Crippen LogP contribution is -2.35. The highest BCUT2D eigenvalue weighted by molar-refractivity contribution is 5.89. The van der Waals surface area contributed by atoms with Crippen LogP contribution in [0, 0.1) is 5.92 Å². The molecule has 1 fully saturated rings. The Morgan fingerprint density at radius 3 is 2.72 bits per heavy atom. The van der Waals surface area contributed by atoms with E-state index in [2.05, 4.69) is 14.6 Å². The molecule has 0 bridgehead atoms. The molecule has 0 radical (unpaired) electrons. The lowest BCUT2D eigenvalue weighted by atomic mass is 9.98. The molecule has 5 nitrogen and oxygen atoms in total. The van der Waals surface area contributed by atoms with Gasteiger partial charge in [-0.1, -0.05) is 0 Å². The first kappa shape index (κ1) is 12.8. The number of hydrogen-bond acceptors (Lipinski definition) is 5. The maximum Gasteiger partial charge on any atom is 0.339 e. The first-order valence-electron chi connectivity index (χ1n) is 6.14. The summed E-state index contributed by atoms with van der Waals surface area (Å²) in [5, 5.41) is 9.09. The third-order valence-corrected chi connectivity index (χ3v) is 3.37. The minimum Gasteiger partial charge on any atom is -0.465 e. The van der Waals surface area contributed by atoms with E-state index in [1.54, 1.807) is 12.3 Å². The van der Waals surface area contributed by atoms with Crippen LogP contribution in [0.2, 0.25) is 0 Å². The third-order valence-electron chi connectivity index (χ3n) is 3.37. The Hall–Kier alpha value is -1.62. The Morgan fingerprint density at radius 2 is 2.22 bits per heavy atom. The number of carbonyl (C=O) groups is 1. The van der Waals surface area contributed by atoms with Gasteiger partial charge in [0.2, 0.25) is 0 Å². The molecule has 1 aromatic rings. The summed E-state index contributed by atoms with van der Waals surface area (Å²) in [6.07, 6.45) is 3.51. The van der Waals surface area contributed by atoms with Crippen LogP contribution in [-0.2, 0) is 4.74 Å². The van der Waals surface area contributed by atoms with Crippen molar-refractivity contribution in [1.29, 1.82) is 0 Å². The van der Waals surface area contributed by atoms with Crippen LogP contribution < -0.4 is 4.90 Å². The number of nitrogens with zero attached hydrogens (tertiary/aromatic N) is 2. The molecule has 0 aromatic carbocycles. The van der Waals surface area contributed by atoms with E-state index in [1.807, 2.05) is 6.07 Å². The molecule has 2 heterocycles. The van der Waals surface area contributed by atoms with E-state index in [4.69, 9.17) is 5.11 Å². The van der Waals surface area contributed by atoms with E-state index in [0.717, 1.165) is 31.7 Å². The maximum absolute atomic E-state index is 11.3. The van der Waals surface area contributed by atoms with Gasteiger partial charge in [-0.05, 0) is 30.9 Å². The summed E-state index contributed by atoms with van der Waals surface area (Å²) < 4.78 is 4.63. The van der Waals surface area contributed by atoms with Crippen LogP contribution in [0.4, 0.5) is 5.82 Å². The smallest absolute Gasteiger partial charge is 0.339 e. The van der Waals surface area contributed by atoms with Crippen molar-refractivity contribution >= 4 is 11.8 Å². The molecule has 1 aromatic heterocycles. The van der Waals surface area contributed by atoms with Crippen molar-refractivity contribution in [2.75, 3.05) is 31.7 Å². The van der Waals surface area contributed by atoms with Crippen molar-refractivity contribution in [3.05, 3.63) is 23.9 Å². The largest absolute Gasteiger partial charge is 0.465 e. The number of aliphatic hydroxyl groups excluding tert-OH is 1. The molecule has 0 amide bonds. The average Bonchev–Trinajstić information content (AvgIpc) is 2.47.